The summed E-state index contributed by atoms with van der Waals surface area (Å²) in [6.45, 7) is 4.01. The van der Waals surface area contributed by atoms with Crippen molar-refractivity contribution in [2.24, 2.45) is 5.73 Å². The molecule has 0 aliphatic heterocycles. The van der Waals surface area contributed by atoms with Crippen LogP contribution in [0.4, 0.5) is 0 Å². The van der Waals surface area contributed by atoms with Gasteiger partial charge in [0, 0.05) is 9.90 Å². The van der Waals surface area contributed by atoms with Gasteiger partial charge in [-0.05, 0) is 48.7 Å². The van der Waals surface area contributed by atoms with Crippen molar-refractivity contribution < 1.29 is 0 Å². The maximum atomic E-state index is 6.26. The van der Waals surface area contributed by atoms with E-state index in [-0.39, 0.29) is 6.04 Å². The highest BCUT2D eigenvalue weighted by atomic mass is 35.5. The number of nitrogens with two attached hydrogens (primary N) is 1. The lowest BCUT2D eigenvalue weighted by atomic mass is 10.0. The van der Waals surface area contributed by atoms with Gasteiger partial charge >= 0.3 is 0 Å². The molecule has 1 aromatic heterocycles. The third kappa shape index (κ3) is 2.66. The standard InChI is InChI=1S/C13H13Cl2NS/c1-7-5-9(14)3-4-10(7)12(16)11-6-8(2)13(15)17-11/h3-6,12H,16H2,1-2H3. The number of thiophene rings is 1. The Balaban J connectivity index is 2.39. The van der Waals surface area contributed by atoms with Crippen molar-refractivity contribution in [2.75, 3.05) is 0 Å². The maximum Gasteiger partial charge on any atom is 0.0961 e. The molecular formula is C13H13Cl2NS. The maximum absolute atomic E-state index is 6.26. The van der Waals surface area contributed by atoms with Gasteiger partial charge in [0.25, 0.3) is 0 Å². The fraction of sp³-hybridized carbons (Fsp3) is 0.231. The van der Waals surface area contributed by atoms with Crippen LogP contribution in [0.15, 0.2) is 24.3 Å². The van der Waals surface area contributed by atoms with E-state index in [9.17, 15) is 0 Å². The van der Waals surface area contributed by atoms with Crippen molar-refractivity contribution >= 4 is 34.5 Å². The first-order chi connectivity index (χ1) is 7.99. The topological polar surface area (TPSA) is 26.0 Å². The van der Waals surface area contributed by atoms with E-state index in [0.717, 1.165) is 30.9 Å². The summed E-state index contributed by atoms with van der Waals surface area (Å²) in [6, 6.07) is 7.69. The van der Waals surface area contributed by atoms with Crippen LogP contribution in [0.2, 0.25) is 9.36 Å². The molecule has 1 aromatic carbocycles. The van der Waals surface area contributed by atoms with E-state index in [0.29, 0.717) is 0 Å². The van der Waals surface area contributed by atoms with Crippen molar-refractivity contribution in [2.45, 2.75) is 19.9 Å². The van der Waals surface area contributed by atoms with E-state index in [1.807, 2.05) is 38.1 Å². The van der Waals surface area contributed by atoms with Crippen LogP contribution < -0.4 is 5.73 Å². The Bertz CT molecular complexity index is 529. The monoisotopic (exact) mass is 285 g/mol. The van der Waals surface area contributed by atoms with E-state index >= 15 is 0 Å². The van der Waals surface area contributed by atoms with Crippen LogP contribution in [0.25, 0.3) is 0 Å². The van der Waals surface area contributed by atoms with Crippen molar-refractivity contribution in [1.82, 2.24) is 0 Å². The molecule has 1 atom stereocenters. The van der Waals surface area contributed by atoms with E-state index in [2.05, 4.69) is 0 Å². The molecule has 2 N–H and O–H groups in total. The third-order valence-electron chi connectivity index (χ3n) is 2.75. The molecule has 1 heterocycles. The van der Waals surface area contributed by atoms with Crippen molar-refractivity contribution in [3.63, 3.8) is 0 Å². The molecular weight excluding hydrogens is 273 g/mol. The van der Waals surface area contributed by atoms with E-state index in [1.54, 1.807) is 0 Å². The second kappa shape index (κ2) is 4.99. The van der Waals surface area contributed by atoms with E-state index in [4.69, 9.17) is 28.9 Å². The second-order valence-electron chi connectivity index (χ2n) is 4.08. The minimum Gasteiger partial charge on any atom is -0.320 e. The molecule has 0 amide bonds. The minimum absolute atomic E-state index is 0.136. The Hall–Kier alpha value is -0.540. The molecule has 0 spiro atoms. The van der Waals surface area contributed by atoms with Gasteiger partial charge in [0.1, 0.15) is 0 Å². The third-order valence-corrected chi connectivity index (χ3v) is 4.62. The Morgan fingerprint density at radius 3 is 2.35 bits per heavy atom. The van der Waals surface area contributed by atoms with Crippen LogP contribution >= 0.6 is 34.5 Å². The summed E-state index contributed by atoms with van der Waals surface area (Å²) in [5.74, 6) is 0. The van der Waals surface area contributed by atoms with Crippen LogP contribution in [-0.2, 0) is 0 Å². The molecule has 2 aromatic rings. The molecule has 0 radical (unpaired) electrons. The number of hydrogen-bond donors (Lipinski definition) is 1. The average molecular weight is 286 g/mol. The zero-order valence-corrected chi connectivity index (χ0v) is 12.0. The molecule has 0 bridgehead atoms. The highest BCUT2D eigenvalue weighted by Crippen LogP contribution is 2.34. The van der Waals surface area contributed by atoms with Gasteiger partial charge in [-0.2, -0.15) is 0 Å². The molecule has 4 heteroatoms. The number of halogens is 2. The first-order valence-electron chi connectivity index (χ1n) is 5.26. The summed E-state index contributed by atoms with van der Waals surface area (Å²) in [6.07, 6.45) is 0. The predicted molar refractivity (Wildman–Crippen MR) is 76.3 cm³/mol. The van der Waals surface area contributed by atoms with Gasteiger partial charge < -0.3 is 5.73 Å². The van der Waals surface area contributed by atoms with Crippen LogP contribution in [0.3, 0.4) is 0 Å². The van der Waals surface area contributed by atoms with Gasteiger partial charge in [0.15, 0.2) is 0 Å². The fourth-order valence-corrected chi connectivity index (χ4v) is 3.24. The number of aryl methyl sites for hydroxylation is 2. The van der Waals surface area contributed by atoms with Gasteiger partial charge in [-0.15, -0.1) is 11.3 Å². The molecule has 1 nitrogen and oxygen atoms in total. The molecule has 0 aliphatic rings. The first-order valence-corrected chi connectivity index (χ1v) is 6.83. The van der Waals surface area contributed by atoms with Gasteiger partial charge in [-0.25, -0.2) is 0 Å². The van der Waals surface area contributed by atoms with Crippen molar-refractivity contribution in [3.8, 4) is 0 Å². The lowest BCUT2D eigenvalue weighted by Crippen LogP contribution is -2.11. The van der Waals surface area contributed by atoms with Crippen LogP contribution in [0.1, 0.15) is 27.6 Å². The number of rotatable bonds is 2. The first kappa shape index (κ1) is 12.9. The molecule has 0 aliphatic carbocycles. The molecule has 0 saturated carbocycles. The number of benzene rings is 1. The predicted octanol–water partition coefficient (Wildman–Crippen LogP) is 4.72. The molecule has 17 heavy (non-hydrogen) atoms. The zero-order valence-electron chi connectivity index (χ0n) is 9.63. The van der Waals surface area contributed by atoms with E-state index < -0.39 is 0 Å². The van der Waals surface area contributed by atoms with Gasteiger partial charge in [-0.1, -0.05) is 29.3 Å². The SMILES string of the molecule is Cc1cc(Cl)ccc1C(N)c1cc(C)c(Cl)s1. The summed E-state index contributed by atoms with van der Waals surface area (Å²) in [4.78, 5) is 1.08. The fourth-order valence-electron chi connectivity index (χ4n) is 1.78. The highest BCUT2D eigenvalue weighted by Gasteiger charge is 2.15. The Morgan fingerprint density at radius 2 is 1.82 bits per heavy atom. The average Bonchev–Trinajstić information content (AvgIpc) is 2.58. The van der Waals surface area contributed by atoms with Crippen molar-refractivity contribution in [3.05, 3.63) is 55.2 Å². The quantitative estimate of drug-likeness (QED) is 0.849. The van der Waals surface area contributed by atoms with Crippen LogP contribution in [-0.4, -0.2) is 0 Å². The summed E-state index contributed by atoms with van der Waals surface area (Å²) >= 11 is 13.5. The van der Waals surface area contributed by atoms with Gasteiger partial charge in [0.2, 0.25) is 0 Å². The molecule has 0 fully saturated rings. The Kier molecular flexibility index (Phi) is 3.79. The summed E-state index contributed by atoms with van der Waals surface area (Å²) < 4.78 is 0.807. The largest absolute Gasteiger partial charge is 0.320 e. The van der Waals surface area contributed by atoms with Crippen LogP contribution in [0.5, 0.6) is 0 Å². The van der Waals surface area contributed by atoms with Gasteiger partial charge in [-0.3, -0.25) is 0 Å². The lowest BCUT2D eigenvalue weighted by molar-refractivity contribution is 0.882. The Morgan fingerprint density at radius 1 is 1.12 bits per heavy atom. The summed E-state index contributed by atoms with van der Waals surface area (Å²) in [7, 11) is 0. The lowest BCUT2D eigenvalue weighted by Gasteiger charge is -2.13. The Labute approximate surface area is 115 Å². The molecule has 1 unspecified atom stereocenters. The highest BCUT2D eigenvalue weighted by molar-refractivity contribution is 7.16. The number of hydrogen-bond acceptors (Lipinski definition) is 2. The van der Waals surface area contributed by atoms with Crippen molar-refractivity contribution in [1.29, 1.82) is 0 Å². The normalized spacial score (nSPS) is 12.8. The summed E-state index contributed by atoms with van der Waals surface area (Å²) in [5, 5.41) is 0.735. The van der Waals surface area contributed by atoms with E-state index in [1.165, 1.54) is 11.3 Å². The molecule has 2 rings (SSSR count). The minimum atomic E-state index is -0.136. The second-order valence-corrected chi connectivity index (χ2v) is 6.21. The molecule has 0 saturated heterocycles. The summed E-state index contributed by atoms with van der Waals surface area (Å²) in [5.41, 5.74) is 9.53. The smallest absolute Gasteiger partial charge is 0.0961 e. The zero-order chi connectivity index (χ0) is 12.6. The van der Waals surface area contributed by atoms with Crippen LogP contribution in [0, 0.1) is 13.8 Å². The molecule has 90 valence electrons. The van der Waals surface area contributed by atoms with Gasteiger partial charge in [0.05, 0.1) is 10.4 Å².